The second-order valence-electron chi connectivity index (χ2n) is 6.16. The highest BCUT2D eigenvalue weighted by Crippen LogP contribution is 2.26. The second kappa shape index (κ2) is 9.85. The lowest BCUT2D eigenvalue weighted by molar-refractivity contribution is -0.125. The SMILES string of the molecule is CNC(C)CNC(=O)C1CCN(c2nc3ccccc3o2)CC1.Cl.Cl. The fourth-order valence-corrected chi connectivity index (χ4v) is 2.83. The Labute approximate surface area is 160 Å². The zero-order valence-electron chi connectivity index (χ0n) is 14.5. The van der Waals surface area contributed by atoms with Gasteiger partial charge < -0.3 is 20.0 Å². The predicted octanol–water partition coefficient (Wildman–Crippen LogP) is 2.61. The highest BCUT2D eigenvalue weighted by Gasteiger charge is 2.27. The van der Waals surface area contributed by atoms with E-state index in [2.05, 4.69) is 27.4 Å². The van der Waals surface area contributed by atoms with Crippen LogP contribution < -0.4 is 15.5 Å². The number of rotatable bonds is 5. The van der Waals surface area contributed by atoms with E-state index in [1.807, 2.05) is 31.3 Å². The van der Waals surface area contributed by atoms with Crippen molar-refractivity contribution in [1.29, 1.82) is 0 Å². The van der Waals surface area contributed by atoms with E-state index in [1.54, 1.807) is 0 Å². The minimum atomic E-state index is 0. The number of nitrogens with zero attached hydrogens (tertiary/aromatic N) is 2. The van der Waals surface area contributed by atoms with Crippen molar-refractivity contribution in [3.63, 3.8) is 0 Å². The minimum Gasteiger partial charge on any atom is -0.423 e. The molecule has 0 aliphatic carbocycles. The normalized spacial score (nSPS) is 16.0. The number of likely N-dealkylation sites (N-methyl/N-ethyl adjacent to an activating group) is 1. The molecule has 0 bridgehead atoms. The van der Waals surface area contributed by atoms with Crippen molar-refractivity contribution in [2.24, 2.45) is 5.92 Å². The first-order chi connectivity index (χ1) is 11.2. The average molecular weight is 389 g/mol. The number of nitrogens with one attached hydrogen (secondary N) is 2. The first kappa shape index (κ1) is 21.5. The van der Waals surface area contributed by atoms with Crippen LogP contribution in [0.15, 0.2) is 28.7 Å². The second-order valence-corrected chi connectivity index (χ2v) is 6.16. The van der Waals surface area contributed by atoms with Crippen molar-refractivity contribution in [3.8, 4) is 0 Å². The van der Waals surface area contributed by atoms with Gasteiger partial charge in [0.25, 0.3) is 6.01 Å². The lowest BCUT2D eigenvalue weighted by atomic mass is 9.96. The van der Waals surface area contributed by atoms with Crippen LogP contribution in [-0.4, -0.2) is 43.6 Å². The van der Waals surface area contributed by atoms with Crippen LogP contribution in [0.5, 0.6) is 0 Å². The Bertz CT molecular complexity index is 638. The molecule has 1 aliphatic heterocycles. The van der Waals surface area contributed by atoms with Crippen LogP contribution in [0.4, 0.5) is 6.01 Å². The van der Waals surface area contributed by atoms with Gasteiger partial charge in [-0.15, -0.1) is 24.8 Å². The van der Waals surface area contributed by atoms with E-state index in [0.29, 0.717) is 18.6 Å². The van der Waals surface area contributed by atoms with E-state index in [1.165, 1.54) is 0 Å². The Morgan fingerprint density at radius 1 is 1.32 bits per heavy atom. The van der Waals surface area contributed by atoms with Gasteiger partial charge in [0.1, 0.15) is 5.52 Å². The number of carbonyl (C=O) groups is 1. The number of para-hydroxylation sites is 2. The fourth-order valence-electron chi connectivity index (χ4n) is 2.83. The summed E-state index contributed by atoms with van der Waals surface area (Å²) >= 11 is 0. The standard InChI is InChI=1S/C17H24N4O2.2ClH/c1-12(18-2)11-19-16(22)13-7-9-21(10-8-13)17-20-14-5-3-4-6-15(14)23-17;;/h3-6,12-13,18H,7-11H2,1-2H3,(H,19,22);2*1H. The van der Waals surface area contributed by atoms with Crippen molar-refractivity contribution in [2.75, 3.05) is 31.6 Å². The third-order valence-corrected chi connectivity index (χ3v) is 4.49. The molecular weight excluding hydrogens is 363 g/mol. The van der Waals surface area contributed by atoms with E-state index in [4.69, 9.17) is 4.42 Å². The van der Waals surface area contributed by atoms with Gasteiger partial charge in [0.05, 0.1) is 0 Å². The Morgan fingerprint density at radius 3 is 2.64 bits per heavy atom. The van der Waals surface area contributed by atoms with Gasteiger partial charge in [0, 0.05) is 31.6 Å². The molecule has 0 spiro atoms. The van der Waals surface area contributed by atoms with E-state index in [0.717, 1.165) is 37.0 Å². The third-order valence-electron chi connectivity index (χ3n) is 4.49. The molecule has 140 valence electrons. The first-order valence-corrected chi connectivity index (χ1v) is 8.23. The van der Waals surface area contributed by atoms with Crippen LogP contribution in [0.2, 0.25) is 0 Å². The molecule has 1 amide bonds. The molecule has 3 rings (SSSR count). The highest BCUT2D eigenvalue weighted by molar-refractivity contribution is 5.85. The molecule has 1 aromatic heterocycles. The summed E-state index contributed by atoms with van der Waals surface area (Å²) in [4.78, 5) is 18.9. The van der Waals surface area contributed by atoms with Crippen molar-refractivity contribution in [1.82, 2.24) is 15.6 Å². The summed E-state index contributed by atoms with van der Waals surface area (Å²) < 4.78 is 5.80. The number of halogens is 2. The zero-order valence-corrected chi connectivity index (χ0v) is 16.2. The van der Waals surface area contributed by atoms with E-state index >= 15 is 0 Å². The maximum Gasteiger partial charge on any atom is 0.298 e. The maximum atomic E-state index is 12.2. The smallest absolute Gasteiger partial charge is 0.298 e. The van der Waals surface area contributed by atoms with Crippen molar-refractivity contribution in [2.45, 2.75) is 25.8 Å². The number of hydrogen-bond acceptors (Lipinski definition) is 5. The van der Waals surface area contributed by atoms with Gasteiger partial charge >= 0.3 is 0 Å². The van der Waals surface area contributed by atoms with Crippen molar-refractivity contribution < 1.29 is 9.21 Å². The van der Waals surface area contributed by atoms with Crippen LogP contribution in [0.3, 0.4) is 0 Å². The van der Waals surface area contributed by atoms with Crippen LogP contribution in [0.25, 0.3) is 11.1 Å². The van der Waals surface area contributed by atoms with E-state index < -0.39 is 0 Å². The Hall–Kier alpha value is -1.50. The van der Waals surface area contributed by atoms with E-state index in [9.17, 15) is 4.79 Å². The molecule has 6 nitrogen and oxygen atoms in total. The Balaban J connectivity index is 0.00000156. The van der Waals surface area contributed by atoms with Crippen molar-refractivity contribution in [3.05, 3.63) is 24.3 Å². The zero-order chi connectivity index (χ0) is 16.2. The Kier molecular flexibility index (Phi) is 8.48. The van der Waals surface area contributed by atoms with Gasteiger partial charge in [-0.2, -0.15) is 4.98 Å². The first-order valence-electron chi connectivity index (χ1n) is 8.23. The summed E-state index contributed by atoms with van der Waals surface area (Å²) in [7, 11) is 1.90. The van der Waals surface area contributed by atoms with E-state index in [-0.39, 0.29) is 36.6 Å². The molecule has 25 heavy (non-hydrogen) atoms. The largest absolute Gasteiger partial charge is 0.423 e. The summed E-state index contributed by atoms with van der Waals surface area (Å²) in [5, 5.41) is 6.14. The molecule has 1 unspecified atom stereocenters. The summed E-state index contributed by atoms with van der Waals surface area (Å²) in [6, 6.07) is 8.73. The lowest BCUT2D eigenvalue weighted by Gasteiger charge is -2.30. The molecule has 1 saturated heterocycles. The van der Waals surface area contributed by atoms with Gasteiger partial charge in [0.2, 0.25) is 5.91 Å². The summed E-state index contributed by atoms with van der Waals surface area (Å²) in [5.41, 5.74) is 1.69. The van der Waals surface area contributed by atoms with Crippen molar-refractivity contribution >= 4 is 47.8 Å². The Morgan fingerprint density at radius 2 is 2.00 bits per heavy atom. The molecule has 1 fully saturated rings. The number of aromatic nitrogens is 1. The number of amides is 1. The van der Waals surface area contributed by atoms with Gasteiger partial charge in [-0.1, -0.05) is 12.1 Å². The highest BCUT2D eigenvalue weighted by atomic mass is 35.5. The number of benzene rings is 1. The fraction of sp³-hybridized carbons (Fsp3) is 0.529. The predicted molar refractivity (Wildman–Crippen MR) is 105 cm³/mol. The molecule has 1 aromatic carbocycles. The number of hydrogen-bond donors (Lipinski definition) is 2. The molecule has 2 aromatic rings. The van der Waals surface area contributed by atoms with Crippen LogP contribution in [0.1, 0.15) is 19.8 Å². The molecule has 8 heteroatoms. The van der Waals surface area contributed by atoms with Crippen LogP contribution in [0, 0.1) is 5.92 Å². The topological polar surface area (TPSA) is 70.4 Å². The minimum absolute atomic E-state index is 0. The van der Waals surface area contributed by atoms with Gasteiger partial charge in [0.15, 0.2) is 5.58 Å². The molecule has 1 atom stereocenters. The van der Waals surface area contributed by atoms with Crippen LogP contribution >= 0.6 is 24.8 Å². The van der Waals surface area contributed by atoms with Gasteiger partial charge in [-0.05, 0) is 38.9 Å². The molecule has 1 aliphatic rings. The summed E-state index contributed by atoms with van der Waals surface area (Å²) in [6.07, 6.45) is 1.66. The monoisotopic (exact) mass is 388 g/mol. The van der Waals surface area contributed by atoms with Gasteiger partial charge in [-0.25, -0.2) is 0 Å². The molecular formula is C17H26Cl2N4O2. The number of oxazole rings is 1. The molecule has 2 N–H and O–H groups in total. The average Bonchev–Trinajstić information content (AvgIpc) is 3.03. The lowest BCUT2D eigenvalue weighted by Crippen LogP contribution is -2.44. The quantitative estimate of drug-likeness (QED) is 0.823. The number of carbonyl (C=O) groups excluding carboxylic acids is 1. The van der Waals surface area contributed by atoms with Gasteiger partial charge in [-0.3, -0.25) is 4.79 Å². The third kappa shape index (κ3) is 5.23. The maximum absolute atomic E-state index is 12.2. The molecule has 0 radical (unpaired) electrons. The summed E-state index contributed by atoms with van der Waals surface area (Å²) in [5.74, 6) is 0.240. The number of anilines is 1. The molecule has 2 heterocycles. The van der Waals surface area contributed by atoms with Crippen LogP contribution in [-0.2, 0) is 4.79 Å². The number of fused-ring (bicyclic) bond motifs is 1. The number of piperidine rings is 1. The summed E-state index contributed by atoms with van der Waals surface area (Å²) in [6.45, 7) is 4.32. The molecule has 0 saturated carbocycles.